The van der Waals surface area contributed by atoms with Crippen molar-refractivity contribution in [1.82, 2.24) is 4.90 Å². The molecule has 0 atom stereocenters. The molecule has 0 saturated carbocycles. The molecule has 1 heterocycles. The van der Waals surface area contributed by atoms with Crippen LogP contribution in [0.25, 0.3) is 0 Å². The van der Waals surface area contributed by atoms with E-state index >= 15 is 0 Å². The first-order valence-corrected chi connectivity index (χ1v) is 8.47. The first-order chi connectivity index (χ1) is 12.1. The minimum atomic E-state index is -0.404. The number of nitrogens with zero attached hydrogens (tertiary/aromatic N) is 2. The van der Waals surface area contributed by atoms with E-state index < -0.39 is 4.92 Å². The van der Waals surface area contributed by atoms with Crippen LogP contribution < -0.4 is 5.32 Å². The van der Waals surface area contributed by atoms with Crippen LogP contribution in [0.3, 0.4) is 0 Å². The lowest BCUT2D eigenvalue weighted by atomic mass is 9.99. The Kier molecular flexibility index (Phi) is 5.28. The number of fused-ring (bicyclic) bond motifs is 1. The fourth-order valence-electron chi connectivity index (χ4n) is 3.11. The van der Waals surface area contributed by atoms with E-state index in [9.17, 15) is 14.9 Å². The number of nitro benzene ring substituents is 1. The number of nitrogens with one attached hydrogen (secondary N) is 1. The Balaban J connectivity index is 1.47. The van der Waals surface area contributed by atoms with E-state index in [1.165, 1.54) is 17.2 Å². The number of rotatable bonds is 6. The van der Waals surface area contributed by atoms with Crippen molar-refractivity contribution >= 4 is 17.3 Å². The van der Waals surface area contributed by atoms with Crippen molar-refractivity contribution < 1.29 is 9.72 Å². The fourth-order valence-corrected chi connectivity index (χ4v) is 3.11. The average Bonchev–Trinajstić information content (AvgIpc) is 2.64. The van der Waals surface area contributed by atoms with Crippen LogP contribution in [0.2, 0.25) is 0 Å². The highest BCUT2D eigenvalue weighted by atomic mass is 16.6. The summed E-state index contributed by atoms with van der Waals surface area (Å²) in [6.45, 7) is 1.96. The number of hydrogen-bond donors (Lipinski definition) is 1. The molecule has 6 nitrogen and oxygen atoms in total. The summed E-state index contributed by atoms with van der Waals surface area (Å²) in [5.41, 5.74) is 3.10. The topological polar surface area (TPSA) is 75.5 Å². The zero-order valence-electron chi connectivity index (χ0n) is 14.0. The molecule has 25 heavy (non-hydrogen) atoms. The molecule has 1 aliphatic rings. The summed E-state index contributed by atoms with van der Waals surface area (Å²) in [5.74, 6) is 0.138. The molecule has 6 heteroatoms. The lowest BCUT2D eigenvalue weighted by Crippen LogP contribution is -2.35. The van der Waals surface area contributed by atoms with Gasteiger partial charge in [0.05, 0.1) is 4.92 Å². The lowest BCUT2D eigenvalue weighted by Gasteiger charge is -2.29. The molecule has 3 rings (SSSR count). The van der Waals surface area contributed by atoms with Crippen LogP contribution in [0.15, 0.2) is 48.5 Å². The van der Waals surface area contributed by atoms with Gasteiger partial charge in [0.15, 0.2) is 0 Å². The number of para-hydroxylation sites is 2. The van der Waals surface area contributed by atoms with E-state index in [-0.39, 0.29) is 11.6 Å². The first-order valence-electron chi connectivity index (χ1n) is 8.47. The summed E-state index contributed by atoms with van der Waals surface area (Å²) < 4.78 is 0. The molecule has 0 aliphatic carbocycles. The smallest absolute Gasteiger partial charge is 0.292 e. The predicted molar refractivity (Wildman–Crippen MR) is 96.4 cm³/mol. The largest absolute Gasteiger partial charge is 0.379 e. The summed E-state index contributed by atoms with van der Waals surface area (Å²) in [7, 11) is 0. The van der Waals surface area contributed by atoms with Gasteiger partial charge >= 0.3 is 0 Å². The molecule has 0 aromatic heterocycles. The summed E-state index contributed by atoms with van der Waals surface area (Å²) >= 11 is 0. The van der Waals surface area contributed by atoms with Gasteiger partial charge in [-0.05, 0) is 30.0 Å². The standard InChI is InChI=1S/C19H21N3O3/c23-19(21-13-11-15-6-1-2-7-16(15)14-21)10-5-12-20-17-8-3-4-9-18(17)22(24)25/h1-4,6-9,20H,5,10-14H2. The van der Waals surface area contributed by atoms with E-state index in [1.54, 1.807) is 18.2 Å². The predicted octanol–water partition coefficient (Wildman–Crippen LogP) is 3.37. The number of carbonyl (C=O) groups excluding carboxylic acids is 1. The molecule has 0 spiro atoms. The summed E-state index contributed by atoms with van der Waals surface area (Å²) in [4.78, 5) is 24.9. The van der Waals surface area contributed by atoms with Crippen molar-refractivity contribution in [3.8, 4) is 0 Å². The monoisotopic (exact) mass is 339 g/mol. The van der Waals surface area contributed by atoms with Crippen LogP contribution in [0, 0.1) is 10.1 Å². The lowest BCUT2D eigenvalue weighted by molar-refractivity contribution is -0.384. The van der Waals surface area contributed by atoms with Crippen LogP contribution in [-0.2, 0) is 17.8 Å². The summed E-state index contributed by atoms with van der Waals surface area (Å²) in [5, 5.41) is 14.0. The third-order valence-electron chi connectivity index (χ3n) is 4.47. The molecule has 130 valence electrons. The van der Waals surface area contributed by atoms with Gasteiger partial charge in [-0.15, -0.1) is 0 Å². The Labute approximate surface area is 146 Å². The van der Waals surface area contributed by atoms with Crippen molar-refractivity contribution in [1.29, 1.82) is 0 Å². The number of benzene rings is 2. The van der Waals surface area contributed by atoms with Crippen LogP contribution >= 0.6 is 0 Å². The van der Waals surface area contributed by atoms with E-state index in [0.717, 1.165) is 13.0 Å². The Morgan fingerprint density at radius 2 is 1.84 bits per heavy atom. The van der Waals surface area contributed by atoms with E-state index in [1.807, 2.05) is 17.0 Å². The normalized spacial score (nSPS) is 13.2. The molecule has 0 unspecified atom stereocenters. The van der Waals surface area contributed by atoms with Gasteiger partial charge in [-0.25, -0.2) is 0 Å². The number of anilines is 1. The van der Waals surface area contributed by atoms with Crippen LogP contribution in [-0.4, -0.2) is 28.8 Å². The van der Waals surface area contributed by atoms with Gasteiger partial charge in [0, 0.05) is 32.1 Å². The van der Waals surface area contributed by atoms with Gasteiger partial charge in [-0.3, -0.25) is 14.9 Å². The van der Waals surface area contributed by atoms with Crippen LogP contribution in [0.5, 0.6) is 0 Å². The van der Waals surface area contributed by atoms with Crippen molar-refractivity contribution in [3.05, 3.63) is 69.8 Å². The van der Waals surface area contributed by atoms with Gasteiger partial charge in [0.1, 0.15) is 5.69 Å². The molecule has 0 bridgehead atoms. The van der Waals surface area contributed by atoms with Crippen LogP contribution in [0.4, 0.5) is 11.4 Å². The highest BCUT2D eigenvalue weighted by Crippen LogP contribution is 2.23. The Morgan fingerprint density at radius 1 is 1.12 bits per heavy atom. The molecular formula is C19H21N3O3. The highest BCUT2D eigenvalue weighted by Gasteiger charge is 2.20. The molecule has 0 fully saturated rings. The number of carbonyl (C=O) groups is 1. The number of hydrogen-bond acceptors (Lipinski definition) is 4. The molecular weight excluding hydrogens is 318 g/mol. The maximum Gasteiger partial charge on any atom is 0.292 e. The number of nitro groups is 1. The quantitative estimate of drug-likeness (QED) is 0.497. The molecule has 0 radical (unpaired) electrons. The Morgan fingerprint density at radius 3 is 2.64 bits per heavy atom. The Bertz CT molecular complexity index is 776. The Hall–Kier alpha value is -2.89. The van der Waals surface area contributed by atoms with Crippen LogP contribution in [0.1, 0.15) is 24.0 Å². The van der Waals surface area contributed by atoms with Crippen molar-refractivity contribution in [2.24, 2.45) is 0 Å². The van der Waals surface area contributed by atoms with Gasteiger partial charge < -0.3 is 10.2 Å². The summed E-state index contributed by atoms with van der Waals surface area (Å²) in [6, 6.07) is 14.8. The third-order valence-corrected chi connectivity index (χ3v) is 4.47. The molecule has 0 saturated heterocycles. The van der Waals surface area contributed by atoms with Crippen molar-refractivity contribution in [3.63, 3.8) is 0 Å². The highest BCUT2D eigenvalue weighted by molar-refractivity contribution is 5.76. The fraction of sp³-hybridized carbons (Fsp3) is 0.316. The van der Waals surface area contributed by atoms with Gasteiger partial charge in [0.2, 0.25) is 5.91 Å². The second-order valence-corrected chi connectivity index (χ2v) is 6.14. The van der Waals surface area contributed by atoms with E-state index in [0.29, 0.717) is 31.6 Å². The second kappa shape index (κ2) is 7.79. The molecule has 1 N–H and O–H groups in total. The van der Waals surface area contributed by atoms with E-state index in [2.05, 4.69) is 17.4 Å². The van der Waals surface area contributed by atoms with Gasteiger partial charge in [-0.2, -0.15) is 0 Å². The summed E-state index contributed by atoms with van der Waals surface area (Å²) in [6.07, 6.45) is 1.98. The molecule has 2 aromatic rings. The zero-order valence-corrected chi connectivity index (χ0v) is 14.0. The molecule has 2 aromatic carbocycles. The second-order valence-electron chi connectivity index (χ2n) is 6.14. The third kappa shape index (κ3) is 4.15. The van der Waals surface area contributed by atoms with Crippen molar-refractivity contribution in [2.45, 2.75) is 25.8 Å². The maximum absolute atomic E-state index is 12.4. The SMILES string of the molecule is O=C(CCCNc1ccccc1[N+](=O)[O-])N1CCc2ccccc2C1. The molecule has 1 amide bonds. The maximum atomic E-state index is 12.4. The van der Waals surface area contributed by atoms with Gasteiger partial charge in [0.25, 0.3) is 5.69 Å². The minimum Gasteiger partial charge on any atom is -0.379 e. The first kappa shape index (κ1) is 17.0. The molecule has 1 aliphatic heterocycles. The number of amides is 1. The minimum absolute atomic E-state index is 0.0569. The van der Waals surface area contributed by atoms with E-state index in [4.69, 9.17) is 0 Å². The van der Waals surface area contributed by atoms with Gasteiger partial charge in [-0.1, -0.05) is 36.4 Å². The van der Waals surface area contributed by atoms with Crippen molar-refractivity contribution in [2.75, 3.05) is 18.4 Å². The average molecular weight is 339 g/mol. The zero-order chi connectivity index (χ0) is 17.6.